The zero-order chi connectivity index (χ0) is 14.3. The third kappa shape index (κ3) is 2.38. The second-order valence-corrected chi connectivity index (χ2v) is 6.58. The van der Waals surface area contributed by atoms with Crippen LogP contribution in [0.3, 0.4) is 0 Å². The number of rotatable bonds is 3. The summed E-state index contributed by atoms with van der Waals surface area (Å²) in [6.45, 7) is 0. The molecule has 0 spiro atoms. The maximum absolute atomic E-state index is 6.40. The number of fused-ring (bicyclic) bond motifs is 1. The minimum absolute atomic E-state index is 0.128. The summed E-state index contributed by atoms with van der Waals surface area (Å²) in [4.78, 5) is 4.64. The Balaban J connectivity index is 1.55. The molecule has 1 fully saturated rings. The highest BCUT2D eigenvalue weighted by atomic mass is 16.5. The topological polar surface area (TPSA) is 64.9 Å². The smallest absolute Gasteiger partial charge is 0.228 e. The van der Waals surface area contributed by atoms with Crippen molar-refractivity contribution < 1.29 is 4.52 Å². The fraction of sp³-hybridized carbons (Fsp3) is 0.529. The summed E-state index contributed by atoms with van der Waals surface area (Å²) >= 11 is 0. The maximum atomic E-state index is 6.40. The molecule has 21 heavy (non-hydrogen) atoms. The lowest BCUT2D eigenvalue weighted by molar-refractivity contribution is 0.326. The van der Waals surface area contributed by atoms with Crippen LogP contribution in [0.2, 0.25) is 0 Å². The molecule has 0 saturated heterocycles. The van der Waals surface area contributed by atoms with Gasteiger partial charge in [-0.2, -0.15) is 4.98 Å². The van der Waals surface area contributed by atoms with Crippen molar-refractivity contribution in [2.75, 3.05) is 0 Å². The van der Waals surface area contributed by atoms with Crippen LogP contribution >= 0.6 is 0 Å². The summed E-state index contributed by atoms with van der Waals surface area (Å²) in [5.41, 5.74) is 9.05. The molecule has 1 aromatic carbocycles. The van der Waals surface area contributed by atoms with Gasteiger partial charge in [0.15, 0.2) is 5.82 Å². The van der Waals surface area contributed by atoms with Crippen LogP contribution in [-0.2, 0) is 12.8 Å². The number of aromatic nitrogens is 2. The highest BCUT2D eigenvalue weighted by molar-refractivity contribution is 5.38. The quantitative estimate of drug-likeness (QED) is 0.940. The molecule has 4 rings (SSSR count). The first-order chi connectivity index (χ1) is 10.2. The highest BCUT2D eigenvalue weighted by Crippen LogP contribution is 2.37. The molecule has 2 aliphatic rings. The van der Waals surface area contributed by atoms with E-state index in [0.717, 1.165) is 31.5 Å². The number of nitrogens with zero attached hydrogens (tertiary/aromatic N) is 2. The predicted octanol–water partition coefficient (Wildman–Crippen LogP) is 2.96. The molecule has 1 unspecified atom stereocenters. The molecule has 0 amide bonds. The van der Waals surface area contributed by atoms with E-state index in [0.29, 0.717) is 12.3 Å². The zero-order valence-corrected chi connectivity index (χ0v) is 12.2. The Hall–Kier alpha value is -1.68. The van der Waals surface area contributed by atoms with Crippen LogP contribution in [0.4, 0.5) is 0 Å². The molecule has 2 aliphatic carbocycles. The molecule has 1 heterocycles. The lowest BCUT2D eigenvalue weighted by Crippen LogP contribution is -2.38. The average molecular weight is 283 g/mol. The van der Waals surface area contributed by atoms with Gasteiger partial charge in [0.05, 0.1) is 0 Å². The minimum atomic E-state index is -0.128. The first-order valence-electron chi connectivity index (χ1n) is 7.93. The lowest BCUT2D eigenvalue weighted by atomic mass is 9.95. The van der Waals surface area contributed by atoms with Crippen LogP contribution in [0.1, 0.15) is 60.9 Å². The van der Waals surface area contributed by atoms with Crippen LogP contribution < -0.4 is 5.73 Å². The number of aryl methyl sites for hydroxylation is 1. The van der Waals surface area contributed by atoms with Crippen LogP contribution in [-0.4, -0.2) is 15.7 Å². The Labute approximate surface area is 124 Å². The third-order valence-electron chi connectivity index (χ3n) is 5.03. The van der Waals surface area contributed by atoms with E-state index >= 15 is 0 Å². The summed E-state index contributed by atoms with van der Waals surface area (Å²) in [7, 11) is 0. The van der Waals surface area contributed by atoms with E-state index in [-0.39, 0.29) is 11.5 Å². The van der Waals surface area contributed by atoms with Crippen molar-refractivity contribution >= 4 is 0 Å². The Morgan fingerprint density at radius 1 is 1.24 bits per heavy atom. The number of nitrogens with two attached hydrogens (primary N) is 1. The van der Waals surface area contributed by atoms with Gasteiger partial charge in [0.1, 0.15) is 0 Å². The van der Waals surface area contributed by atoms with Gasteiger partial charge in [0.2, 0.25) is 5.89 Å². The average Bonchev–Trinajstić information content (AvgIpc) is 3.18. The fourth-order valence-corrected chi connectivity index (χ4v) is 3.86. The monoisotopic (exact) mass is 283 g/mol. The Morgan fingerprint density at radius 2 is 2.05 bits per heavy atom. The summed E-state index contributed by atoms with van der Waals surface area (Å²) in [5.74, 6) is 1.83. The van der Waals surface area contributed by atoms with Gasteiger partial charge in [-0.1, -0.05) is 42.3 Å². The van der Waals surface area contributed by atoms with Crippen LogP contribution in [0.5, 0.6) is 0 Å². The van der Waals surface area contributed by atoms with E-state index in [9.17, 15) is 0 Å². The van der Waals surface area contributed by atoms with Gasteiger partial charge in [-0.15, -0.1) is 0 Å². The van der Waals surface area contributed by atoms with Crippen LogP contribution in [0, 0.1) is 0 Å². The Morgan fingerprint density at radius 3 is 2.90 bits per heavy atom. The van der Waals surface area contributed by atoms with Crippen molar-refractivity contribution in [3.8, 4) is 0 Å². The van der Waals surface area contributed by atoms with Gasteiger partial charge >= 0.3 is 0 Å². The van der Waals surface area contributed by atoms with Crippen LogP contribution in [0.15, 0.2) is 28.8 Å². The van der Waals surface area contributed by atoms with Gasteiger partial charge < -0.3 is 10.3 Å². The SMILES string of the molecule is NC1(Cc2nc(C3CCc4ccccc43)no2)CCCC1. The summed E-state index contributed by atoms with van der Waals surface area (Å²) in [6, 6.07) is 8.57. The molecule has 1 atom stereocenters. The fourth-order valence-electron chi connectivity index (χ4n) is 3.86. The first kappa shape index (κ1) is 13.0. The molecule has 2 aromatic rings. The molecule has 0 radical (unpaired) electrons. The second-order valence-electron chi connectivity index (χ2n) is 6.58. The van der Waals surface area contributed by atoms with E-state index in [4.69, 9.17) is 10.3 Å². The minimum Gasteiger partial charge on any atom is -0.339 e. The van der Waals surface area contributed by atoms with Crippen molar-refractivity contribution in [1.29, 1.82) is 0 Å². The van der Waals surface area contributed by atoms with E-state index < -0.39 is 0 Å². The predicted molar refractivity (Wildman–Crippen MR) is 80.0 cm³/mol. The summed E-state index contributed by atoms with van der Waals surface area (Å²) in [6.07, 6.45) is 7.46. The van der Waals surface area contributed by atoms with E-state index in [2.05, 4.69) is 34.4 Å². The van der Waals surface area contributed by atoms with Gasteiger partial charge in [0, 0.05) is 17.9 Å². The van der Waals surface area contributed by atoms with Gasteiger partial charge in [0.25, 0.3) is 0 Å². The third-order valence-corrected chi connectivity index (χ3v) is 5.03. The van der Waals surface area contributed by atoms with Gasteiger partial charge in [-0.05, 0) is 36.8 Å². The standard InChI is InChI=1S/C17H21N3O/c18-17(9-3-4-10-17)11-15-19-16(20-21-15)14-8-7-12-5-1-2-6-13(12)14/h1-2,5-6,14H,3-4,7-11,18H2. The van der Waals surface area contributed by atoms with Crippen molar-refractivity contribution in [1.82, 2.24) is 10.1 Å². The molecule has 4 nitrogen and oxygen atoms in total. The molecule has 2 N–H and O–H groups in total. The molecule has 4 heteroatoms. The summed E-state index contributed by atoms with van der Waals surface area (Å²) < 4.78 is 5.48. The molecule has 110 valence electrons. The Kier molecular flexibility index (Phi) is 3.07. The number of hydrogen-bond acceptors (Lipinski definition) is 4. The molecular weight excluding hydrogens is 262 g/mol. The molecule has 0 aliphatic heterocycles. The molecule has 0 bridgehead atoms. The largest absolute Gasteiger partial charge is 0.339 e. The second kappa shape index (κ2) is 4.95. The molecule has 1 aromatic heterocycles. The number of benzene rings is 1. The zero-order valence-electron chi connectivity index (χ0n) is 12.2. The first-order valence-corrected chi connectivity index (χ1v) is 7.93. The normalized spacial score (nSPS) is 23.4. The van der Waals surface area contributed by atoms with Gasteiger partial charge in [-0.3, -0.25) is 0 Å². The highest BCUT2D eigenvalue weighted by Gasteiger charge is 2.33. The lowest BCUT2D eigenvalue weighted by Gasteiger charge is -2.20. The van der Waals surface area contributed by atoms with Gasteiger partial charge in [-0.25, -0.2) is 0 Å². The van der Waals surface area contributed by atoms with Crippen molar-refractivity contribution in [3.63, 3.8) is 0 Å². The maximum Gasteiger partial charge on any atom is 0.228 e. The van der Waals surface area contributed by atoms with E-state index in [1.807, 2.05) is 0 Å². The summed E-state index contributed by atoms with van der Waals surface area (Å²) in [5, 5.41) is 4.23. The van der Waals surface area contributed by atoms with E-state index in [1.165, 1.54) is 24.0 Å². The van der Waals surface area contributed by atoms with Crippen LogP contribution in [0.25, 0.3) is 0 Å². The molecular formula is C17H21N3O. The van der Waals surface area contributed by atoms with Crippen molar-refractivity contribution in [2.24, 2.45) is 5.73 Å². The van der Waals surface area contributed by atoms with E-state index in [1.54, 1.807) is 0 Å². The Bertz CT molecular complexity index is 643. The van der Waals surface area contributed by atoms with Crippen molar-refractivity contribution in [3.05, 3.63) is 47.1 Å². The number of hydrogen-bond donors (Lipinski definition) is 1. The van der Waals surface area contributed by atoms with Crippen molar-refractivity contribution in [2.45, 2.75) is 56.4 Å². The molecule has 1 saturated carbocycles.